The van der Waals surface area contributed by atoms with Gasteiger partial charge in [-0.1, -0.05) is 79.7 Å². The van der Waals surface area contributed by atoms with Crippen molar-refractivity contribution in [2.45, 2.75) is 71.6 Å². The molecule has 0 aliphatic carbocycles. The van der Waals surface area contributed by atoms with E-state index in [2.05, 4.69) is 22.3 Å². The summed E-state index contributed by atoms with van der Waals surface area (Å²) in [5.41, 5.74) is 4.68. The largest absolute Gasteiger partial charge is 0.489 e. The second-order valence-electron chi connectivity index (χ2n) is 11.9. The van der Waals surface area contributed by atoms with E-state index in [1.165, 1.54) is 19.2 Å². The Hall–Kier alpha value is -4.83. The number of alkyl carbamates (subject to hydrolysis) is 1. The molecule has 2 N–H and O–H groups in total. The number of halogens is 3. The van der Waals surface area contributed by atoms with Gasteiger partial charge in [0.1, 0.15) is 24.0 Å². The van der Waals surface area contributed by atoms with Crippen molar-refractivity contribution in [3.63, 3.8) is 0 Å². The van der Waals surface area contributed by atoms with Crippen molar-refractivity contribution in [2.24, 2.45) is 0 Å². The molecule has 0 aromatic heterocycles. The summed E-state index contributed by atoms with van der Waals surface area (Å²) < 4.78 is 57.5. The van der Waals surface area contributed by atoms with Crippen LogP contribution in [0.1, 0.15) is 61.6 Å². The highest BCUT2D eigenvalue weighted by Gasteiger charge is 2.40. The Bertz CT molecular complexity index is 1600. The highest BCUT2D eigenvalue weighted by molar-refractivity contribution is 5.69. The first-order valence-electron chi connectivity index (χ1n) is 15.5. The Kier molecular flexibility index (Phi) is 14.0. The summed E-state index contributed by atoms with van der Waals surface area (Å²) in [6, 6.07) is 27.2. The number of carbonyl (C=O) groups excluding carboxylic acids is 2. The lowest BCUT2D eigenvalue weighted by Gasteiger charge is -2.22. The van der Waals surface area contributed by atoms with Crippen LogP contribution in [0.3, 0.4) is 0 Å². The number of ether oxygens (including phenoxy) is 3. The molecule has 4 rings (SSSR count). The molecule has 1 unspecified atom stereocenters. The van der Waals surface area contributed by atoms with Crippen LogP contribution < -0.4 is 15.4 Å². The number of hydrogen-bond acceptors (Lipinski definition) is 6. The van der Waals surface area contributed by atoms with Gasteiger partial charge in [-0.2, -0.15) is 13.2 Å². The van der Waals surface area contributed by atoms with Gasteiger partial charge in [0.15, 0.2) is 0 Å². The highest BCUT2D eigenvalue weighted by Crippen LogP contribution is 2.33. The van der Waals surface area contributed by atoms with E-state index in [0.717, 1.165) is 40.0 Å². The van der Waals surface area contributed by atoms with Gasteiger partial charge in [0, 0.05) is 13.1 Å². The van der Waals surface area contributed by atoms with E-state index in [4.69, 9.17) is 14.3 Å². The summed E-state index contributed by atoms with van der Waals surface area (Å²) in [6.45, 7) is 8.33. The minimum Gasteiger partial charge on any atom is -0.489 e. The smallest absolute Gasteiger partial charge is 0.407 e. The lowest BCUT2D eigenvalue weighted by molar-refractivity contribution is -0.158. The van der Waals surface area contributed by atoms with Gasteiger partial charge < -0.3 is 19.5 Å². The Balaban J connectivity index is 0.00000148. The molecule has 256 valence electrons. The molecule has 0 fully saturated rings. The van der Waals surface area contributed by atoms with Gasteiger partial charge in [0.2, 0.25) is 0 Å². The second kappa shape index (κ2) is 17.9. The van der Waals surface area contributed by atoms with E-state index in [-0.39, 0.29) is 25.3 Å². The molecular weight excluding hydrogens is 621 g/mol. The van der Waals surface area contributed by atoms with Crippen LogP contribution in [0.2, 0.25) is 0 Å². The molecule has 0 spiro atoms. The second-order valence-corrected chi connectivity index (χ2v) is 11.9. The van der Waals surface area contributed by atoms with Crippen molar-refractivity contribution in [1.82, 2.24) is 10.6 Å². The van der Waals surface area contributed by atoms with E-state index >= 15 is 0 Å². The molecule has 0 saturated carbocycles. The fourth-order valence-corrected chi connectivity index (χ4v) is 4.85. The van der Waals surface area contributed by atoms with Crippen LogP contribution in [0.15, 0.2) is 97.1 Å². The molecule has 1 amide bonds. The maximum atomic E-state index is 14.1. The van der Waals surface area contributed by atoms with Crippen LogP contribution in [-0.2, 0) is 40.4 Å². The number of para-hydroxylation sites is 1. The maximum absolute atomic E-state index is 14.1. The monoisotopic (exact) mass is 664 g/mol. The van der Waals surface area contributed by atoms with Crippen LogP contribution in [-0.4, -0.2) is 31.5 Å². The maximum Gasteiger partial charge on any atom is 0.407 e. The van der Waals surface area contributed by atoms with E-state index in [9.17, 15) is 18.0 Å². The quantitative estimate of drug-likeness (QED) is 0.147. The van der Waals surface area contributed by atoms with Gasteiger partial charge in [-0.15, -0.1) is 0 Å². The number of rotatable bonds is 12. The Morgan fingerprint density at radius 3 is 2.10 bits per heavy atom. The Labute approximate surface area is 280 Å². The third-order valence-electron chi connectivity index (χ3n) is 6.96. The number of carbonyl (C=O) groups is 2. The van der Waals surface area contributed by atoms with Crippen molar-refractivity contribution < 1.29 is 37.0 Å². The number of aryl methyl sites for hydroxylation is 1. The molecule has 4 aromatic rings. The first-order valence-corrected chi connectivity index (χ1v) is 15.5. The van der Waals surface area contributed by atoms with Gasteiger partial charge in [-0.25, -0.2) is 4.79 Å². The summed E-state index contributed by atoms with van der Waals surface area (Å²) in [5, 5.41) is 5.50. The fraction of sp³-hybridized carbons (Fsp3) is 0.316. The third kappa shape index (κ3) is 12.4. The van der Waals surface area contributed by atoms with Crippen molar-refractivity contribution in [2.75, 3.05) is 7.11 Å². The minimum absolute atomic E-state index is 0.00858. The first-order chi connectivity index (χ1) is 22.8. The molecule has 4 aromatic carbocycles. The molecule has 0 aliphatic heterocycles. The van der Waals surface area contributed by atoms with Crippen LogP contribution in [0, 0.1) is 0 Å². The SMILES string of the molecule is CCc1ccccc1OCc1cc(CNC(c2ccccc2)C(F)(F)F)cc(-c2cccc(CNC(=O)OC(C)(C)C)c2)c1.COC=O. The number of benzene rings is 4. The topological polar surface area (TPSA) is 85.9 Å². The summed E-state index contributed by atoms with van der Waals surface area (Å²) in [7, 11) is 1.31. The van der Waals surface area contributed by atoms with Gasteiger partial charge in [0.25, 0.3) is 6.47 Å². The van der Waals surface area contributed by atoms with E-state index in [0.29, 0.717) is 12.0 Å². The highest BCUT2D eigenvalue weighted by atomic mass is 19.4. The average Bonchev–Trinajstić information content (AvgIpc) is 3.06. The molecule has 7 nitrogen and oxygen atoms in total. The zero-order chi connectivity index (χ0) is 35.2. The van der Waals surface area contributed by atoms with Crippen molar-refractivity contribution >= 4 is 12.6 Å². The van der Waals surface area contributed by atoms with Crippen LogP contribution in [0.4, 0.5) is 18.0 Å². The summed E-state index contributed by atoms with van der Waals surface area (Å²) in [6.07, 6.45) is -4.17. The molecular formula is C38H43F3N2O5. The number of methoxy groups -OCH3 is 1. The van der Waals surface area contributed by atoms with E-state index in [1.807, 2.05) is 66.7 Å². The average molecular weight is 665 g/mol. The first kappa shape index (κ1) is 37.6. The van der Waals surface area contributed by atoms with E-state index in [1.54, 1.807) is 39.0 Å². The molecule has 0 bridgehead atoms. The Morgan fingerprint density at radius 2 is 1.46 bits per heavy atom. The van der Waals surface area contributed by atoms with Gasteiger partial charge in [-0.3, -0.25) is 10.1 Å². The number of nitrogens with one attached hydrogen (secondary N) is 2. The lowest BCUT2D eigenvalue weighted by Crippen LogP contribution is -2.33. The van der Waals surface area contributed by atoms with Crippen molar-refractivity contribution in [3.8, 4) is 16.9 Å². The molecule has 10 heteroatoms. The van der Waals surface area contributed by atoms with Crippen molar-refractivity contribution in [1.29, 1.82) is 0 Å². The standard InChI is InChI=1S/C36H39F3N2O3.C2H4O2/c1-5-28-13-9-10-17-32(28)43-24-27-18-26(23-40-33(36(37,38)39)29-14-7-6-8-15-29)20-31(21-27)30-16-11-12-25(19-30)22-41-34(42)44-35(2,3)4;1-4-2-3/h6-21,33,40H,5,22-24H2,1-4H3,(H,41,42);2H,1H3. The minimum atomic E-state index is -4.47. The molecule has 0 saturated heterocycles. The lowest BCUT2D eigenvalue weighted by atomic mass is 9.98. The third-order valence-corrected chi connectivity index (χ3v) is 6.96. The van der Waals surface area contributed by atoms with Crippen LogP contribution in [0.5, 0.6) is 5.75 Å². The molecule has 0 radical (unpaired) electrons. The summed E-state index contributed by atoms with van der Waals surface area (Å²) >= 11 is 0. The zero-order valence-electron chi connectivity index (χ0n) is 27.9. The predicted octanol–water partition coefficient (Wildman–Crippen LogP) is 8.70. The number of amides is 1. The Morgan fingerprint density at radius 1 is 0.812 bits per heavy atom. The normalized spacial score (nSPS) is 11.8. The fourth-order valence-electron chi connectivity index (χ4n) is 4.85. The van der Waals surface area contributed by atoms with Gasteiger partial charge in [-0.05, 0) is 90.4 Å². The molecule has 0 aliphatic rings. The van der Waals surface area contributed by atoms with Gasteiger partial charge in [0.05, 0.1) is 7.11 Å². The summed E-state index contributed by atoms with van der Waals surface area (Å²) in [4.78, 5) is 21.1. The van der Waals surface area contributed by atoms with Crippen molar-refractivity contribution in [3.05, 3.63) is 125 Å². The van der Waals surface area contributed by atoms with Crippen LogP contribution >= 0.6 is 0 Å². The van der Waals surface area contributed by atoms with Crippen LogP contribution in [0.25, 0.3) is 11.1 Å². The molecule has 0 heterocycles. The molecule has 1 atom stereocenters. The predicted molar refractivity (Wildman–Crippen MR) is 180 cm³/mol. The zero-order valence-corrected chi connectivity index (χ0v) is 27.9. The van der Waals surface area contributed by atoms with E-state index < -0.39 is 23.9 Å². The van der Waals surface area contributed by atoms with Gasteiger partial charge >= 0.3 is 12.3 Å². The molecule has 48 heavy (non-hydrogen) atoms. The number of alkyl halides is 3. The number of hydrogen-bond donors (Lipinski definition) is 2. The summed E-state index contributed by atoms with van der Waals surface area (Å²) in [5.74, 6) is 0.775.